The molecule has 1 heterocycles. The predicted molar refractivity (Wildman–Crippen MR) is 94.8 cm³/mol. The van der Waals surface area contributed by atoms with Gasteiger partial charge in [-0.1, -0.05) is 24.3 Å². The van der Waals surface area contributed by atoms with Gasteiger partial charge >= 0.3 is 0 Å². The average molecular weight is 322 g/mol. The molecule has 0 atom stereocenters. The van der Waals surface area contributed by atoms with E-state index in [9.17, 15) is 0 Å². The second kappa shape index (κ2) is 6.45. The summed E-state index contributed by atoms with van der Waals surface area (Å²) in [4.78, 5) is 8.51. The van der Waals surface area contributed by atoms with Crippen molar-refractivity contribution in [1.82, 2.24) is 9.97 Å². The van der Waals surface area contributed by atoms with E-state index < -0.39 is 0 Å². The average Bonchev–Trinajstić information content (AvgIpc) is 2.61. The number of ether oxygens (including phenoxy) is 2. The lowest BCUT2D eigenvalue weighted by Crippen LogP contribution is -2.04. The van der Waals surface area contributed by atoms with E-state index in [4.69, 9.17) is 20.9 Å². The van der Waals surface area contributed by atoms with E-state index in [0.29, 0.717) is 17.1 Å². The maximum Gasteiger partial charge on any atom is 0.222 e. The molecule has 0 spiro atoms. The predicted octanol–water partition coefficient (Wildman–Crippen LogP) is 2.99. The zero-order valence-electron chi connectivity index (χ0n) is 13.5. The van der Waals surface area contributed by atoms with Crippen molar-refractivity contribution in [3.63, 3.8) is 0 Å². The number of benzene rings is 2. The number of nitrogens with zero attached hydrogens (tertiary/aromatic N) is 2. The van der Waals surface area contributed by atoms with E-state index in [1.807, 2.05) is 48.5 Å². The standard InChI is InChI=1S/C18H18N4O2/c1-23-13-7-3-5-11(9-13)15-16(21-18(20)22-17(15)19)12-6-4-8-14(10-12)24-2/h3-10H,1-2H3,(H4,19,20,21,22). The smallest absolute Gasteiger partial charge is 0.222 e. The summed E-state index contributed by atoms with van der Waals surface area (Å²) in [5.74, 6) is 1.88. The molecule has 0 fully saturated rings. The zero-order valence-corrected chi connectivity index (χ0v) is 13.5. The number of hydrogen-bond acceptors (Lipinski definition) is 6. The van der Waals surface area contributed by atoms with Gasteiger partial charge in [0.15, 0.2) is 0 Å². The minimum Gasteiger partial charge on any atom is -0.497 e. The summed E-state index contributed by atoms with van der Waals surface area (Å²) < 4.78 is 10.6. The minimum atomic E-state index is 0.122. The molecule has 24 heavy (non-hydrogen) atoms. The highest BCUT2D eigenvalue weighted by molar-refractivity contribution is 5.88. The molecule has 3 aromatic rings. The van der Waals surface area contributed by atoms with Crippen LogP contribution in [0.3, 0.4) is 0 Å². The van der Waals surface area contributed by atoms with Gasteiger partial charge in [0, 0.05) is 5.56 Å². The number of rotatable bonds is 4. The summed E-state index contributed by atoms with van der Waals surface area (Å²) in [6, 6.07) is 15.1. The van der Waals surface area contributed by atoms with Crippen molar-refractivity contribution < 1.29 is 9.47 Å². The third kappa shape index (κ3) is 2.94. The van der Waals surface area contributed by atoms with Crippen molar-refractivity contribution >= 4 is 11.8 Å². The summed E-state index contributed by atoms with van der Waals surface area (Å²) in [6.45, 7) is 0. The van der Waals surface area contributed by atoms with E-state index in [2.05, 4.69) is 9.97 Å². The van der Waals surface area contributed by atoms with Crippen LogP contribution in [0.2, 0.25) is 0 Å². The van der Waals surface area contributed by atoms with Gasteiger partial charge < -0.3 is 20.9 Å². The van der Waals surface area contributed by atoms with Crippen molar-refractivity contribution in [2.75, 3.05) is 25.7 Å². The number of aromatic nitrogens is 2. The largest absolute Gasteiger partial charge is 0.497 e. The third-order valence-electron chi connectivity index (χ3n) is 3.66. The van der Waals surface area contributed by atoms with E-state index in [-0.39, 0.29) is 5.95 Å². The Kier molecular flexibility index (Phi) is 4.20. The van der Waals surface area contributed by atoms with Gasteiger partial charge in [0.1, 0.15) is 17.3 Å². The molecule has 0 amide bonds. The molecular formula is C18H18N4O2. The second-order valence-electron chi connectivity index (χ2n) is 5.15. The SMILES string of the molecule is COc1cccc(-c2nc(N)nc(N)c2-c2cccc(OC)c2)c1. The Morgan fingerprint density at radius 2 is 1.38 bits per heavy atom. The molecule has 0 unspecified atom stereocenters. The highest BCUT2D eigenvalue weighted by Crippen LogP contribution is 2.37. The Balaban J connectivity index is 2.25. The van der Waals surface area contributed by atoms with Crippen LogP contribution in [0.1, 0.15) is 0 Å². The fourth-order valence-corrected chi connectivity index (χ4v) is 2.54. The maximum absolute atomic E-state index is 6.15. The Hall–Kier alpha value is -3.28. The van der Waals surface area contributed by atoms with Gasteiger partial charge in [-0.15, -0.1) is 0 Å². The number of anilines is 2. The van der Waals surface area contributed by atoms with Crippen molar-refractivity contribution in [3.8, 4) is 33.9 Å². The first-order valence-electron chi connectivity index (χ1n) is 7.34. The molecule has 0 aliphatic carbocycles. The molecule has 0 aliphatic heterocycles. The highest BCUT2D eigenvalue weighted by Gasteiger charge is 2.16. The van der Waals surface area contributed by atoms with Gasteiger partial charge in [0.05, 0.1) is 25.5 Å². The molecule has 4 N–H and O–H groups in total. The van der Waals surface area contributed by atoms with Crippen LogP contribution < -0.4 is 20.9 Å². The summed E-state index contributed by atoms with van der Waals surface area (Å²) in [6.07, 6.45) is 0. The van der Waals surface area contributed by atoms with Crippen molar-refractivity contribution in [2.45, 2.75) is 0 Å². The monoisotopic (exact) mass is 322 g/mol. The second-order valence-corrected chi connectivity index (χ2v) is 5.15. The Morgan fingerprint density at radius 1 is 0.792 bits per heavy atom. The normalized spacial score (nSPS) is 10.4. The minimum absolute atomic E-state index is 0.122. The summed E-state index contributed by atoms with van der Waals surface area (Å²) in [7, 11) is 3.23. The van der Waals surface area contributed by atoms with Crippen LogP contribution in [-0.2, 0) is 0 Å². The van der Waals surface area contributed by atoms with Crippen molar-refractivity contribution in [2.24, 2.45) is 0 Å². The lowest BCUT2D eigenvalue weighted by Gasteiger charge is -2.13. The Labute approximate surface area is 140 Å². The number of hydrogen-bond donors (Lipinski definition) is 2. The first kappa shape index (κ1) is 15.6. The van der Waals surface area contributed by atoms with Gasteiger partial charge in [0.2, 0.25) is 5.95 Å². The highest BCUT2D eigenvalue weighted by atomic mass is 16.5. The van der Waals surface area contributed by atoms with Gasteiger partial charge in [0.25, 0.3) is 0 Å². The van der Waals surface area contributed by atoms with Gasteiger partial charge in [-0.05, 0) is 29.8 Å². The van der Waals surface area contributed by atoms with Crippen LogP contribution >= 0.6 is 0 Å². The Bertz CT molecular complexity index is 881. The van der Waals surface area contributed by atoms with Crippen LogP contribution in [0, 0.1) is 0 Å². The number of nitrogen functional groups attached to an aromatic ring is 2. The van der Waals surface area contributed by atoms with E-state index in [1.54, 1.807) is 14.2 Å². The van der Waals surface area contributed by atoms with Gasteiger partial charge in [-0.3, -0.25) is 0 Å². The zero-order chi connectivity index (χ0) is 17.1. The molecule has 2 aromatic carbocycles. The fourth-order valence-electron chi connectivity index (χ4n) is 2.54. The summed E-state index contributed by atoms with van der Waals surface area (Å²) >= 11 is 0. The molecule has 6 nitrogen and oxygen atoms in total. The summed E-state index contributed by atoms with van der Waals surface area (Å²) in [5, 5.41) is 0. The molecule has 0 saturated heterocycles. The lowest BCUT2D eigenvalue weighted by atomic mass is 9.99. The molecule has 122 valence electrons. The molecule has 0 bridgehead atoms. The van der Waals surface area contributed by atoms with Crippen LogP contribution in [0.4, 0.5) is 11.8 Å². The topological polar surface area (TPSA) is 96.3 Å². The van der Waals surface area contributed by atoms with Crippen LogP contribution in [0.5, 0.6) is 11.5 Å². The van der Waals surface area contributed by atoms with Gasteiger partial charge in [-0.2, -0.15) is 4.98 Å². The van der Waals surface area contributed by atoms with E-state index >= 15 is 0 Å². The number of methoxy groups -OCH3 is 2. The lowest BCUT2D eigenvalue weighted by molar-refractivity contribution is 0.415. The molecule has 0 saturated carbocycles. The molecule has 6 heteroatoms. The third-order valence-corrected chi connectivity index (χ3v) is 3.66. The quantitative estimate of drug-likeness (QED) is 0.766. The molecule has 0 radical (unpaired) electrons. The van der Waals surface area contributed by atoms with Gasteiger partial charge in [-0.25, -0.2) is 4.98 Å². The maximum atomic E-state index is 6.15. The molecule has 0 aliphatic rings. The summed E-state index contributed by atoms with van der Waals surface area (Å²) in [5.41, 5.74) is 15.0. The van der Waals surface area contributed by atoms with E-state index in [1.165, 1.54) is 0 Å². The van der Waals surface area contributed by atoms with Crippen LogP contribution in [0.25, 0.3) is 22.4 Å². The van der Waals surface area contributed by atoms with Crippen LogP contribution in [-0.4, -0.2) is 24.2 Å². The molecule has 1 aromatic heterocycles. The van der Waals surface area contributed by atoms with Crippen LogP contribution in [0.15, 0.2) is 48.5 Å². The molecule has 3 rings (SSSR count). The van der Waals surface area contributed by atoms with Crippen molar-refractivity contribution in [3.05, 3.63) is 48.5 Å². The first-order valence-corrected chi connectivity index (χ1v) is 7.34. The van der Waals surface area contributed by atoms with Crippen molar-refractivity contribution in [1.29, 1.82) is 0 Å². The Morgan fingerprint density at radius 3 is 2.00 bits per heavy atom. The van der Waals surface area contributed by atoms with E-state index in [0.717, 1.165) is 22.6 Å². The molecular weight excluding hydrogens is 304 g/mol. The first-order chi connectivity index (χ1) is 11.6. The fraction of sp³-hybridized carbons (Fsp3) is 0.111. The number of nitrogens with two attached hydrogens (primary N) is 2.